The fourth-order valence-electron chi connectivity index (χ4n) is 6.77. The molecule has 1 aromatic carbocycles. The van der Waals surface area contributed by atoms with Gasteiger partial charge in [0.15, 0.2) is 18.3 Å². The summed E-state index contributed by atoms with van der Waals surface area (Å²) in [5.74, 6) is 0.853. The van der Waals surface area contributed by atoms with Gasteiger partial charge in [-0.1, -0.05) is 38.2 Å². The summed E-state index contributed by atoms with van der Waals surface area (Å²) in [6, 6.07) is 3.78. The first-order valence-corrected chi connectivity index (χ1v) is 17.0. The number of amides is 1. The number of carbonyl (C=O) groups is 1. The van der Waals surface area contributed by atoms with Crippen molar-refractivity contribution < 1.29 is 36.9 Å². The number of aromatic nitrogens is 1. The predicted molar refractivity (Wildman–Crippen MR) is 160 cm³/mol. The van der Waals surface area contributed by atoms with Crippen LogP contribution in [-0.2, 0) is 24.2 Å². The summed E-state index contributed by atoms with van der Waals surface area (Å²) < 4.78 is 49.7. The van der Waals surface area contributed by atoms with Crippen LogP contribution in [0.4, 0.5) is 4.79 Å². The highest BCUT2D eigenvalue weighted by Crippen LogP contribution is 2.49. The lowest BCUT2D eigenvalue weighted by Crippen LogP contribution is -2.53. The molecule has 44 heavy (non-hydrogen) atoms. The fourth-order valence-corrected chi connectivity index (χ4v) is 7.89. The molecule has 8 atom stereocenters. The molecule has 0 radical (unpaired) electrons. The van der Waals surface area contributed by atoms with Gasteiger partial charge >= 0.3 is 6.09 Å². The molecule has 2 aromatic rings. The fraction of sp³-hybridized carbons (Fsp3) is 0.613. The van der Waals surface area contributed by atoms with Gasteiger partial charge in [-0.3, -0.25) is 0 Å². The number of alkyl carbamates (subject to hydrolysis) is 1. The van der Waals surface area contributed by atoms with E-state index in [0.717, 1.165) is 12.8 Å². The van der Waals surface area contributed by atoms with E-state index in [4.69, 9.17) is 18.6 Å². The minimum Gasteiger partial charge on any atom is -0.445 e. The number of oxazole rings is 1. The number of sulfonamides is 1. The molecule has 1 amide bonds. The molecule has 3 fully saturated rings. The van der Waals surface area contributed by atoms with Crippen LogP contribution in [0.5, 0.6) is 0 Å². The Kier molecular flexibility index (Phi) is 9.41. The SMILES string of the molecule is CC(C)CCN(C[C@@H](O)[C@H](CC1C=CC=CC1)NC(=O)OC1C2COC3OCC1C3C2)NS(=O)(=O)c1ccc2ncoc2c1. The van der Waals surface area contributed by atoms with Crippen LogP contribution in [0.15, 0.2) is 58.2 Å². The van der Waals surface area contributed by atoms with Crippen molar-refractivity contribution in [1.82, 2.24) is 20.1 Å². The van der Waals surface area contributed by atoms with Crippen molar-refractivity contribution in [3.63, 3.8) is 0 Å². The van der Waals surface area contributed by atoms with Gasteiger partial charge in [-0.25, -0.2) is 23.2 Å². The Hall–Kier alpha value is -2.81. The third-order valence-electron chi connectivity index (χ3n) is 9.17. The van der Waals surface area contributed by atoms with Gasteiger partial charge in [-0.2, -0.15) is 0 Å². The molecule has 3 heterocycles. The summed E-state index contributed by atoms with van der Waals surface area (Å²) in [6.07, 6.45) is 9.90. The zero-order chi connectivity index (χ0) is 30.8. The molecule has 1 saturated carbocycles. The van der Waals surface area contributed by atoms with Crippen molar-refractivity contribution in [1.29, 1.82) is 0 Å². The highest BCUT2D eigenvalue weighted by atomic mass is 32.2. The average Bonchev–Trinajstić information content (AvgIpc) is 3.70. The van der Waals surface area contributed by atoms with E-state index in [0.29, 0.717) is 49.6 Å². The van der Waals surface area contributed by atoms with Gasteiger partial charge in [-0.05, 0) is 49.7 Å². The molecular formula is C31H42N4O8S. The Labute approximate surface area is 257 Å². The summed E-state index contributed by atoms with van der Waals surface area (Å²) in [7, 11) is -4.01. The summed E-state index contributed by atoms with van der Waals surface area (Å²) >= 11 is 0. The van der Waals surface area contributed by atoms with Crippen molar-refractivity contribution in [2.24, 2.45) is 29.6 Å². The van der Waals surface area contributed by atoms with Crippen molar-refractivity contribution in [3.8, 4) is 0 Å². The topological polar surface area (TPSA) is 152 Å². The Morgan fingerprint density at radius 1 is 1.20 bits per heavy atom. The lowest BCUT2D eigenvalue weighted by molar-refractivity contribution is -0.169. The summed E-state index contributed by atoms with van der Waals surface area (Å²) in [5, 5.41) is 16.0. The number of allylic oxidation sites excluding steroid dienone is 4. The van der Waals surface area contributed by atoms with Crippen molar-refractivity contribution in [3.05, 3.63) is 48.9 Å². The number of carbonyl (C=O) groups excluding carboxylic acids is 1. The van der Waals surface area contributed by atoms with Crippen LogP contribution in [0.3, 0.4) is 0 Å². The number of hydrazine groups is 1. The van der Waals surface area contributed by atoms with Gasteiger partial charge in [0, 0.05) is 36.9 Å². The third-order valence-corrected chi connectivity index (χ3v) is 10.5. The van der Waals surface area contributed by atoms with Crippen molar-refractivity contribution in [2.45, 2.75) is 69.0 Å². The molecular weight excluding hydrogens is 588 g/mol. The number of benzene rings is 1. The highest BCUT2D eigenvalue weighted by Gasteiger charge is 2.56. The van der Waals surface area contributed by atoms with E-state index in [1.165, 1.54) is 23.5 Å². The van der Waals surface area contributed by atoms with E-state index in [9.17, 15) is 18.3 Å². The van der Waals surface area contributed by atoms with Gasteiger partial charge in [0.1, 0.15) is 11.6 Å². The predicted octanol–water partition coefficient (Wildman–Crippen LogP) is 3.35. The molecule has 12 nitrogen and oxygen atoms in total. The molecule has 2 aliphatic heterocycles. The third kappa shape index (κ3) is 7.03. The first-order valence-electron chi connectivity index (χ1n) is 15.5. The Morgan fingerprint density at radius 2 is 2.05 bits per heavy atom. The maximum Gasteiger partial charge on any atom is 0.407 e. The molecule has 13 heteroatoms. The number of aliphatic hydroxyl groups is 1. The first kappa shape index (κ1) is 31.2. The molecule has 3 N–H and O–H groups in total. The number of rotatable bonds is 13. The zero-order valence-electron chi connectivity index (χ0n) is 25.1. The number of ether oxygens (including phenoxy) is 3. The minimum absolute atomic E-state index is 0.0204. The number of aliphatic hydroxyl groups excluding tert-OH is 1. The molecule has 2 aliphatic carbocycles. The first-order chi connectivity index (χ1) is 21.2. The van der Waals surface area contributed by atoms with Crippen LogP contribution in [0, 0.1) is 29.6 Å². The lowest BCUT2D eigenvalue weighted by Gasteiger charge is -2.32. The van der Waals surface area contributed by atoms with Gasteiger partial charge < -0.3 is 29.1 Å². The smallest absolute Gasteiger partial charge is 0.407 e. The van der Waals surface area contributed by atoms with E-state index >= 15 is 0 Å². The second-order valence-electron chi connectivity index (χ2n) is 12.8. The molecule has 2 saturated heterocycles. The number of nitrogens with one attached hydrogen (secondary N) is 2. The average molecular weight is 631 g/mol. The van der Waals surface area contributed by atoms with Crippen molar-refractivity contribution >= 4 is 27.2 Å². The van der Waals surface area contributed by atoms with Crippen LogP contribution in [0.2, 0.25) is 0 Å². The van der Waals surface area contributed by atoms with E-state index in [2.05, 4.69) is 27.3 Å². The Morgan fingerprint density at radius 3 is 2.84 bits per heavy atom. The van der Waals surface area contributed by atoms with Gasteiger partial charge in [0.2, 0.25) is 0 Å². The number of fused-ring (bicyclic) bond motifs is 2. The number of hydrogen-bond donors (Lipinski definition) is 3. The summed E-state index contributed by atoms with van der Waals surface area (Å²) in [6.45, 7) is 5.40. The monoisotopic (exact) mass is 630 g/mol. The van der Waals surface area contributed by atoms with Crippen LogP contribution in [-0.4, -0.2) is 80.5 Å². The summed E-state index contributed by atoms with van der Waals surface area (Å²) in [5.41, 5.74) is 0.911. The Bertz CT molecular complexity index is 1480. The minimum atomic E-state index is -4.01. The molecule has 4 aliphatic rings. The molecule has 2 bridgehead atoms. The molecule has 240 valence electrons. The van der Waals surface area contributed by atoms with Crippen LogP contribution in [0.1, 0.15) is 39.5 Å². The zero-order valence-corrected chi connectivity index (χ0v) is 25.9. The standard InChI is InChI=1S/C31H42N4O8S/c1-19(2)10-11-35(34-44(38,39)22-8-9-25-28(14-22)42-18-32-25)15-27(36)26(12-20-6-4-3-5-7-20)33-31(37)43-29-21-13-23-24(29)17-41-30(23)40-16-21/h3-6,8-9,14,18-21,23-24,26-27,29-30,34,36H,7,10-13,15-17H2,1-2H3,(H,33,37)/t20?,21?,23?,24?,26-,27+,29?,30?/m0/s1. The van der Waals surface area contributed by atoms with E-state index in [1.807, 2.05) is 26.0 Å². The lowest BCUT2D eigenvalue weighted by atomic mass is 9.91. The maximum atomic E-state index is 13.4. The van der Waals surface area contributed by atoms with Gasteiger partial charge in [0.25, 0.3) is 10.0 Å². The molecule has 0 spiro atoms. The second-order valence-corrected chi connectivity index (χ2v) is 14.5. The quantitative estimate of drug-likeness (QED) is 0.281. The van der Waals surface area contributed by atoms with Gasteiger partial charge in [0.05, 0.1) is 30.3 Å². The van der Waals surface area contributed by atoms with E-state index in [1.54, 1.807) is 6.07 Å². The normalized spacial score (nSPS) is 29.0. The van der Waals surface area contributed by atoms with E-state index in [-0.39, 0.29) is 47.5 Å². The van der Waals surface area contributed by atoms with Crippen molar-refractivity contribution in [2.75, 3.05) is 26.3 Å². The van der Waals surface area contributed by atoms with Crippen LogP contribution in [0.25, 0.3) is 11.1 Å². The molecule has 6 unspecified atom stereocenters. The largest absolute Gasteiger partial charge is 0.445 e. The summed E-state index contributed by atoms with van der Waals surface area (Å²) in [4.78, 5) is 20.0. The van der Waals surface area contributed by atoms with Crippen LogP contribution < -0.4 is 10.1 Å². The number of hydrogen-bond acceptors (Lipinski definition) is 10. The van der Waals surface area contributed by atoms with Crippen LogP contribution >= 0.6 is 0 Å². The van der Waals surface area contributed by atoms with Gasteiger partial charge in [-0.15, -0.1) is 4.83 Å². The highest BCUT2D eigenvalue weighted by molar-refractivity contribution is 7.89. The second kappa shape index (κ2) is 13.3. The Balaban J connectivity index is 1.15. The van der Waals surface area contributed by atoms with E-state index < -0.39 is 28.3 Å². The molecule has 6 rings (SSSR count). The molecule has 1 aromatic heterocycles. The number of nitrogens with zero attached hydrogens (tertiary/aromatic N) is 2. The maximum absolute atomic E-state index is 13.4.